The molecule has 0 spiro atoms. The largest absolute Gasteiger partial charge is 0.391 e. The second-order valence-electron chi connectivity index (χ2n) is 20.8. The van der Waals surface area contributed by atoms with Crippen molar-refractivity contribution in [2.45, 2.75) is 97.2 Å². The van der Waals surface area contributed by atoms with Crippen LogP contribution in [-0.4, -0.2) is 134 Å². The van der Waals surface area contributed by atoms with E-state index in [1.165, 1.54) is 11.0 Å². The topological polar surface area (TPSA) is 167 Å². The molecule has 4 aromatic heterocycles. The number of ketones is 3. The number of imidazole rings is 1. The number of rotatable bonds is 20. The zero-order valence-corrected chi connectivity index (χ0v) is 43.1. The van der Waals surface area contributed by atoms with Crippen LogP contribution in [-0.2, 0) is 30.3 Å². The Bertz CT molecular complexity index is 2910. The Hall–Kier alpha value is -6.27. The molecule has 1 amide bonds. The first kappa shape index (κ1) is 51.6. The van der Waals surface area contributed by atoms with Gasteiger partial charge in [0.25, 0.3) is 0 Å². The van der Waals surface area contributed by atoms with Gasteiger partial charge < -0.3 is 24.5 Å². The average molecular weight is 1010 g/mol. The second kappa shape index (κ2) is 22.9. The number of anilines is 2. The molecule has 3 aliphatic rings. The number of ether oxygens (including phenoxy) is 1. The number of likely N-dealkylation sites (tertiary alicyclic amines) is 1. The minimum atomic E-state index is -0.817. The van der Waals surface area contributed by atoms with Gasteiger partial charge in [-0.25, -0.2) is 23.9 Å². The number of piperazine rings is 1. The zero-order valence-electron chi connectivity index (χ0n) is 42.3. The summed E-state index contributed by atoms with van der Waals surface area (Å²) < 4.78 is 21.7. The molecule has 0 saturated carbocycles. The number of halogens is 1. The SMILES string of the molecule is Cc1ncsc1-c1ccc(CCC(=O)[C@@H]2C[C@@H](O)CN2C(=O)[C@@H](CC(=O)COCCCC(=O)CN2CCN(c3cccc(-c4cnc5ccc(N6CCC[C@@H]6c6cccc(F)c6)nn45)n3)CC2)C(C)(C)C)cc1. The molecule has 3 saturated heterocycles. The molecular weight excluding hydrogens is 946 g/mol. The van der Waals surface area contributed by atoms with Crippen LogP contribution in [0.3, 0.4) is 0 Å². The lowest BCUT2D eigenvalue weighted by atomic mass is 9.76. The average Bonchev–Trinajstić information content (AvgIpc) is 4.22. The number of aliphatic hydroxyl groups excluding tert-OH is 1. The number of hydrogen-bond donors (Lipinski definition) is 1. The maximum absolute atomic E-state index is 14.1. The molecular formula is C56H66FN9O6S. The number of carbonyl (C=O) groups excluding carboxylic acids is 4. The Morgan fingerprint density at radius 3 is 2.45 bits per heavy atom. The molecule has 0 aliphatic carbocycles. The van der Waals surface area contributed by atoms with Crippen molar-refractivity contribution in [2.24, 2.45) is 11.3 Å². The molecule has 7 heterocycles. The second-order valence-corrected chi connectivity index (χ2v) is 21.7. The summed E-state index contributed by atoms with van der Waals surface area (Å²) in [6.45, 7) is 11.8. The summed E-state index contributed by atoms with van der Waals surface area (Å²) in [6.07, 6.45) is 4.55. The fraction of sp³-hybridized carbons (Fsp3) is 0.464. The van der Waals surface area contributed by atoms with Crippen molar-refractivity contribution in [1.29, 1.82) is 0 Å². The van der Waals surface area contributed by atoms with Crippen LogP contribution in [0.1, 0.15) is 88.6 Å². The van der Waals surface area contributed by atoms with E-state index in [0.29, 0.717) is 57.6 Å². The van der Waals surface area contributed by atoms with Crippen LogP contribution in [0.4, 0.5) is 16.0 Å². The van der Waals surface area contributed by atoms with Crippen LogP contribution in [0.2, 0.25) is 0 Å². The van der Waals surface area contributed by atoms with Gasteiger partial charge in [0.1, 0.15) is 35.5 Å². The van der Waals surface area contributed by atoms with Crippen molar-refractivity contribution < 1.29 is 33.4 Å². The monoisotopic (exact) mass is 1010 g/mol. The summed E-state index contributed by atoms with van der Waals surface area (Å²) in [4.78, 5) is 77.3. The van der Waals surface area contributed by atoms with Crippen LogP contribution in [0.25, 0.3) is 27.5 Å². The van der Waals surface area contributed by atoms with Gasteiger partial charge in [0.05, 0.1) is 52.7 Å². The predicted octanol–water partition coefficient (Wildman–Crippen LogP) is 7.98. The first-order chi connectivity index (χ1) is 35.2. The minimum absolute atomic E-state index is 0.0400. The molecule has 0 unspecified atom stereocenters. The Balaban J connectivity index is 0.701. The Morgan fingerprint density at radius 2 is 1.70 bits per heavy atom. The standard InChI is InChI=1S/C56H66FN9O6S/c1-37-54(73-36-59-37)39-18-15-38(16-19-39)17-20-50(70)48-31-43(68)34-65(48)55(71)45(56(2,3)4)30-44(69)35-72-28-8-11-42(67)33-62-24-26-63(27-25-62)52-14-6-12-46(60-52)49-32-58-51-21-22-53(61-66(49)51)64-23-7-13-47(64)40-9-5-10-41(57)29-40/h5-6,9-10,12,14-16,18-19,21-22,29,32,36,43,45,47-48,68H,7-8,11,13,17,20,23-28,30-31,33-35H2,1-4H3/t43-,45-,47-,48+/m1/s1. The van der Waals surface area contributed by atoms with Gasteiger partial charge in [0.15, 0.2) is 17.2 Å². The number of aliphatic hydroxyl groups is 1. The van der Waals surface area contributed by atoms with Gasteiger partial charge >= 0.3 is 0 Å². The number of hydrogen-bond acceptors (Lipinski definition) is 14. The lowest BCUT2D eigenvalue weighted by Gasteiger charge is -2.35. The third-order valence-electron chi connectivity index (χ3n) is 14.6. The van der Waals surface area contributed by atoms with Crippen molar-refractivity contribution >= 4 is 51.9 Å². The maximum atomic E-state index is 14.1. The van der Waals surface area contributed by atoms with Gasteiger partial charge in [-0.2, -0.15) is 0 Å². The van der Waals surface area contributed by atoms with E-state index in [9.17, 15) is 28.7 Å². The molecule has 3 aliphatic heterocycles. The predicted molar refractivity (Wildman–Crippen MR) is 280 cm³/mol. The van der Waals surface area contributed by atoms with Crippen LogP contribution in [0.15, 0.2) is 90.6 Å². The quantitative estimate of drug-likeness (QED) is 0.0733. The van der Waals surface area contributed by atoms with Crippen LogP contribution in [0, 0.1) is 24.1 Å². The highest BCUT2D eigenvalue weighted by Gasteiger charge is 2.44. The fourth-order valence-electron chi connectivity index (χ4n) is 10.5. The lowest BCUT2D eigenvalue weighted by molar-refractivity contribution is -0.146. The highest BCUT2D eigenvalue weighted by Crippen LogP contribution is 2.37. The molecule has 6 aromatic rings. The van der Waals surface area contributed by atoms with Gasteiger partial charge in [-0.05, 0) is 91.1 Å². The van der Waals surface area contributed by atoms with E-state index in [-0.39, 0.29) is 74.1 Å². The van der Waals surface area contributed by atoms with Crippen LogP contribution in [0.5, 0.6) is 0 Å². The summed E-state index contributed by atoms with van der Waals surface area (Å²) in [7, 11) is 0. The molecule has 4 atom stereocenters. The summed E-state index contributed by atoms with van der Waals surface area (Å²) in [5.74, 6) is 0.170. The first-order valence-corrected chi connectivity index (χ1v) is 26.5. The Labute approximate surface area is 430 Å². The van der Waals surface area contributed by atoms with E-state index < -0.39 is 23.5 Å². The molecule has 73 heavy (non-hydrogen) atoms. The van der Waals surface area contributed by atoms with Crippen molar-refractivity contribution in [3.05, 3.63) is 113 Å². The van der Waals surface area contributed by atoms with E-state index >= 15 is 0 Å². The van der Waals surface area contributed by atoms with E-state index in [2.05, 4.69) is 24.7 Å². The highest BCUT2D eigenvalue weighted by atomic mass is 32.1. The first-order valence-electron chi connectivity index (χ1n) is 25.6. The molecule has 15 nitrogen and oxygen atoms in total. The lowest BCUT2D eigenvalue weighted by Crippen LogP contribution is -2.48. The summed E-state index contributed by atoms with van der Waals surface area (Å²) in [5.41, 5.74) is 7.49. The number of nitrogens with zero attached hydrogens (tertiary/aromatic N) is 9. The Kier molecular flexibility index (Phi) is 16.2. The van der Waals surface area contributed by atoms with Gasteiger partial charge in [-0.15, -0.1) is 16.4 Å². The summed E-state index contributed by atoms with van der Waals surface area (Å²) >= 11 is 1.59. The van der Waals surface area contributed by atoms with Gasteiger partial charge in [0.2, 0.25) is 5.91 Å². The van der Waals surface area contributed by atoms with E-state index in [1.807, 2.05) is 98.4 Å². The van der Waals surface area contributed by atoms with Crippen molar-refractivity contribution in [1.82, 2.24) is 34.4 Å². The van der Waals surface area contributed by atoms with E-state index in [0.717, 1.165) is 69.7 Å². The molecule has 3 fully saturated rings. The third kappa shape index (κ3) is 12.4. The van der Waals surface area contributed by atoms with Gasteiger partial charge in [-0.1, -0.05) is 63.2 Å². The number of pyridine rings is 1. The normalized spacial score (nSPS) is 19.0. The van der Waals surface area contributed by atoms with Crippen molar-refractivity contribution in [3.63, 3.8) is 0 Å². The number of aromatic nitrogens is 5. The van der Waals surface area contributed by atoms with Crippen molar-refractivity contribution in [3.8, 4) is 21.8 Å². The molecule has 2 aromatic carbocycles. The number of fused-ring (bicyclic) bond motifs is 1. The molecule has 17 heteroatoms. The summed E-state index contributed by atoms with van der Waals surface area (Å²) in [5, 5.41) is 15.7. The number of carbonyl (C=O) groups is 4. The highest BCUT2D eigenvalue weighted by molar-refractivity contribution is 7.13. The maximum Gasteiger partial charge on any atom is 0.227 e. The molecule has 384 valence electrons. The van der Waals surface area contributed by atoms with Gasteiger partial charge in [0, 0.05) is 77.5 Å². The van der Waals surface area contributed by atoms with Gasteiger partial charge in [-0.3, -0.25) is 24.1 Å². The fourth-order valence-corrected chi connectivity index (χ4v) is 11.3. The minimum Gasteiger partial charge on any atom is -0.391 e. The zero-order chi connectivity index (χ0) is 51.2. The molecule has 9 rings (SSSR count). The molecule has 0 radical (unpaired) electrons. The smallest absolute Gasteiger partial charge is 0.227 e. The van der Waals surface area contributed by atoms with E-state index in [4.69, 9.17) is 14.8 Å². The number of Topliss-reactive ketones (excluding diaryl/α,β-unsaturated/α-hetero) is 3. The van der Waals surface area contributed by atoms with Crippen LogP contribution >= 0.6 is 11.3 Å². The molecule has 1 N–H and O–H groups in total. The number of thiazole rings is 1. The number of aryl methyl sites for hydroxylation is 2. The van der Waals surface area contributed by atoms with Crippen LogP contribution < -0.4 is 9.80 Å². The molecule has 0 bridgehead atoms. The third-order valence-corrected chi connectivity index (χ3v) is 15.5. The number of β-amino-alcohol motifs (C(OH)–C–C–N with tert-alkyl or cyclic N) is 1. The Morgan fingerprint density at radius 1 is 0.904 bits per heavy atom. The van der Waals surface area contributed by atoms with E-state index in [1.54, 1.807) is 29.7 Å². The summed E-state index contributed by atoms with van der Waals surface area (Å²) in [6, 6.07) is 24.1. The number of benzene rings is 2. The van der Waals surface area contributed by atoms with Crippen molar-refractivity contribution in [2.75, 3.05) is 68.8 Å². The number of amides is 1.